The average molecular weight is 169 g/mol. The summed E-state index contributed by atoms with van der Waals surface area (Å²) in [6.45, 7) is 1.82. The molecule has 0 unspecified atom stereocenters. The molecule has 1 saturated heterocycles. The number of carbonyl (C=O) groups excluding carboxylic acids is 1. The maximum absolute atomic E-state index is 10.9. The van der Waals surface area contributed by atoms with Crippen molar-refractivity contribution in [2.24, 2.45) is 0 Å². The summed E-state index contributed by atoms with van der Waals surface area (Å²) >= 11 is 0. The average Bonchev–Trinajstić information content (AvgIpc) is 2.90. The lowest BCUT2D eigenvalue weighted by Crippen LogP contribution is -2.45. The molecular formula is C9H15NO2. The standard InChI is InChI=1S/C9H15NO2/c11-7-9(12-8-1-2-8)3-5-10-6-4-9/h7-8,10H,1-6H2. The number of aldehydes is 1. The lowest BCUT2D eigenvalue weighted by molar-refractivity contribution is -0.137. The van der Waals surface area contributed by atoms with Crippen LogP contribution in [0.15, 0.2) is 0 Å². The molecule has 2 rings (SSSR count). The van der Waals surface area contributed by atoms with Gasteiger partial charge in [-0.1, -0.05) is 0 Å². The van der Waals surface area contributed by atoms with E-state index in [0.717, 1.165) is 45.1 Å². The van der Waals surface area contributed by atoms with Crippen molar-refractivity contribution < 1.29 is 9.53 Å². The predicted octanol–water partition coefficient (Wildman–Crippen LogP) is 0.486. The van der Waals surface area contributed by atoms with Gasteiger partial charge in [-0.25, -0.2) is 0 Å². The van der Waals surface area contributed by atoms with E-state index in [9.17, 15) is 4.79 Å². The molecule has 1 saturated carbocycles. The van der Waals surface area contributed by atoms with Crippen molar-refractivity contribution in [1.29, 1.82) is 0 Å². The van der Waals surface area contributed by atoms with Gasteiger partial charge in [-0.05, 0) is 38.8 Å². The zero-order valence-corrected chi connectivity index (χ0v) is 7.21. The number of piperidine rings is 1. The molecule has 0 amide bonds. The molecule has 12 heavy (non-hydrogen) atoms. The topological polar surface area (TPSA) is 38.3 Å². The number of ether oxygens (including phenoxy) is 1. The Morgan fingerprint density at radius 1 is 1.33 bits per heavy atom. The molecule has 0 aromatic rings. The van der Waals surface area contributed by atoms with Gasteiger partial charge in [0.15, 0.2) is 6.29 Å². The fraction of sp³-hybridized carbons (Fsp3) is 0.889. The van der Waals surface area contributed by atoms with Gasteiger partial charge in [0, 0.05) is 0 Å². The number of rotatable bonds is 3. The summed E-state index contributed by atoms with van der Waals surface area (Å²) in [5, 5.41) is 3.23. The van der Waals surface area contributed by atoms with Crippen LogP contribution < -0.4 is 5.32 Å². The predicted molar refractivity (Wildman–Crippen MR) is 45.0 cm³/mol. The highest BCUT2D eigenvalue weighted by molar-refractivity contribution is 5.62. The molecule has 0 spiro atoms. The Kier molecular flexibility index (Phi) is 2.15. The molecule has 2 fully saturated rings. The maximum Gasteiger partial charge on any atom is 0.151 e. The minimum absolute atomic E-state index is 0.383. The first-order valence-electron chi connectivity index (χ1n) is 4.69. The monoisotopic (exact) mass is 169 g/mol. The summed E-state index contributed by atoms with van der Waals surface area (Å²) in [6.07, 6.45) is 5.35. The van der Waals surface area contributed by atoms with Crippen LogP contribution in [0.4, 0.5) is 0 Å². The number of carbonyl (C=O) groups is 1. The van der Waals surface area contributed by atoms with Gasteiger partial charge in [-0.2, -0.15) is 0 Å². The van der Waals surface area contributed by atoms with Crippen LogP contribution in [-0.4, -0.2) is 31.1 Å². The van der Waals surface area contributed by atoms with Gasteiger partial charge < -0.3 is 14.8 Å². The zero-order valence-electron chi connectivity index (χ0n) is 7.21. The summed E-state index contributed by atoms with van der Waals surface area (Å²) in [6, 6.07) is 0. The van der Waals surface area contributed by atoms with Crippen molar-refractivity contribution in [3.05, 3.63) is 0 Å². The van der Waals surface area contributed by atoms with Gasteiger partial charge in [0.1, 0.15) is 5.60 Å². The highest BCUT2D eigenvalue weighted by Crippen LogP contribution is 2.32. The zero-order chi connectivity index (χ0) is 8.44. The van der Waals surface area contributed by atoms with Gasteiger partial charge in [-0.3, -0.25) is 0 Å². The molecule has 1 heterocycles. The van der Waals surface area contributed by atoms with Crippen molar-refractivity contribution in [2.45, 2.75) is 37.4 Å². The van der Waals surface area contributed by atoms with Gasteiger partial charge in [0.2, 0.25) is 0 Å². The van der Waals surface area contributed by atoms with Crippen molar-refractivity contribution in [2.75, 3.05) is 13.1 Å². The molecule has 3 heteroatoms. The SMILES string of the molecule is O=CC1(OC2CC2)CCNCC1. The van der Waals surface area contributed by atoms with Crippen LogP contribution in [0.5, 0.6) is 0 Å². The van der Waals surface area contributed by atoms with Crippen LogP contribution in [0.3, 0.4) is 0 Å². The second kappa shape index (κ2) is 3.15. The Morgan fingerprint density at radius 3 is 2.50 bits per heavy atom. The fourth-order valence-corrected chi connectivity index (χ4v) is 1.63. The van der Waals surface area contributed by atoms with E-state index in [2.05, 4.69) is 5.32 Å². The summed E-state index contributed by atoms with van der Waals surface area (Å²) < 4.78 is 5.73. The van der Waals surface area contributed by atoms with E-state index in [1.54, 1.807) is 0 Å². The van der Waals surface area contributed by atoms with Gasteiger partial charge in [-0.15, -0.1) is 0 Å². The van der Waals surface area contributed by atoms with Crippen LogP contribution >= 0.6 is 0 Å². The minimum atomic E-state index is -0.438. The molecule has 2 aliphatic rings. The molecule has 0 radical (unpaired) electrons. The summed E-state index contributed by atoms with van der Waals surface area (Å²) in [5.41, 5.74) is -0.438. The van der Waals surface area contributed by atoms with Gasteiger partial charge >= 0.3 is 0 Å². The van der Waals surface area contributed by atoms with Crippen LogP contribution in [0.2, 0.25) is 0 Å². The van der Waals surface area contributed by atoms with E-state index < -0.39 is 5.60 Å². The van der Waals surface area contributed by atoms with E-state index in [1.807, 2.05) is 0 Å². The van der Waals surface area contributed by atoms with Gasteiger partial charge in [0.05, 0.1) is 6.10 Å². The molecule has 1 aliphatic heterocycles. The maximum atomic E-state index is 10.9. The van der Waals surface area contributed by atoms with E-state index in [-0.39, 0.29) is 0 Å². The van der Waals surface area contributed by atoms with E-state index in [1.165, 1.54) is 0 Å². The summed E-state index contributed by atoms with van der Waals surface area (Å²) in [7, 11) is 0. The second-order valence-corrected chi connectivity index (χ2v) is 3.75. The molecule has 3 nitrogen and oxygen atoms in total. The Balaban J connectivity index is 1.94. The molecule has 68 valence electrons. The lowest BCUT2D eigenvalue weighted by atomic mass is 9.94. The Hall–Kier alpha value is -0.410. The third-order valence-electron chi connectivity index (χ3n) is 2.59. The van der Waals surface area contributed by atoms with E-state index in [0.29, 0.717) is 6.10 Å². The van der Waals surface area contributed by atoms with Crippen molar-refractivity contribution >= 4 is 6.29 Å². The van der Waals surface area contributed by atoms with E-state index in [4.69, 9.17) is 4.74 Å². The first kappa shape index (κ1) is 8.20. The number of nitrogens with one attached hydrogen (secondary N) is 1. The molecule has 1 aliphatic carbocycles. The van der Waals surface area contributed by atoms with Crippen LogP contribution in [-0.2, 0) is 9.53 Å². The number of hydrogen-bond donors (Lipinski definition) is 1. The fourth-order valence-electron chi connectivity index (χ4n) is 1.63. The smallest absolute Gasteiger partial charge is 0.151 e. The first-order valence-corrected chi connectivity index (χ1v) is 4.69. The van der Waals surface area contributed by atoms with E-state index >= 15 is 0 Å². The summed E-state index contributed by atoms with van der Waals surface area (Å²) in [5.74, 6) is 0. The third kappa shape index (κ3) is 1.67. The third-order valence-corrected chi connectivity index (χ3v) is 2.59. The molecule has 0 atom stereocenters. The van der Waals surface area contributed by atoms with Crippen LogP contribution in [0, 0.1) is 0 Å². The Bertz CT molecular complexity index is 171. The van der Waals surface area contributed by atoms with Crippen LogP contribution in [0.1, 0.15) is 25.7 Å². The number of hydrogen-bond acceptors (Lipinski definition) is 3. The van der Waals surface area contributed by atoms with Crippen LogP contribution in [0.25, 0.3) is 0 Å². The largest absolute Gasteiger partial charge is 0.364 e. The summed E-state index contributed by atoms with van der Waals surface area (Å²) in [4.78, 5) is 10.9. The Labute approximate surface area is 72.5 Å². The highest BCUT2D eigenvalue weighted by Gasteiger charge is 2.38. The van der Waals surface area contributed by atoms with Crippen molar-refractivity contribution in [3.63, 3.8) is 0 Å². The molecule has 0 aromatic carbocycles. The highest BCUT2D eigenvalue weighted by atomic mass is 16.5. The van der Waals surface area contributed by atoms with Gasteiger partial charge in [0.25, 0.3) is 0 Å². The first-order chi connectivity index (χ1) is 5.85. The second-order valence-electron chi connectivity index (χ2n) is 3.75. The minimum Gasteiger partial charge on any atom is -0.364 e. The molecule has 1 N–H and O–H groups in total. The molecule has 0 aromatic heterocycles. The molecule has 0 bridgehead atoms. The Morgan fingerprint density at radius 2 is 2.00 bits per heavy atom. The molecular weight excluding hydrogens is 154 g/mol. The lowest BCUT2D eigenvalue weighted by Gasteiger charge is -2.32. The van der Waals surface area contributed by atoms with Crippen molar-refractivity contribution in [1.82, 2.24) is 5.32 Å². The van der Waals surface area contributed by atoms with Crippen molar-refractivity contribution in [3.8, 4) is 0 Å². The quantitative estimate of drug-likeness (QED) is 0.625. The normalized spacial score (nSPS) is 28.3.